The number of rotatable bonds is 9. The van der Waals surface area contributed by atoms with E-state index in [-0.39, 0.29) is 5.91 Å². The lowest BCUT2D eigenvalue weighted by Crippen LogP contribution is -2.25. The number of halogens is 1. The van der Waals surface area contributed by atoms with E-state index in [1.165, 1.54) is 0 Å². The molecular weight excluding hydrogens is 280 g/mol. The minimum Gasteiger partial charge on any atom is -0.397 e. The zero-order chi connectivity index (χ0) is 14.8. The molecule has 0 fully saturated rings. The fourth-order valence-corrected chi connectivity index (χ4v) is 1.78. The molecule has 0 unspecified atom stereocenters. The molecule has 5 nitrogen and oxygen atoms in total. The van der Waals surface area contributed by atoms with Crippen molar-refractivity contribution in [3.8, 4) is 0 Å². The Kier molecular flexibility index (Phi) is 8.02. The number of hydrogen-bond acceptors (Lipinski definition) is 4. The number of nitrogen functional groups attached to an aromatic ring is 1. The summed E-state index contributed by atoms with van der Waals surface area (Å²) in [5.74, 6) is -0.203. The maximum absolute atomic E-state index is 11.9. The van der Waals surface area contributed by atoms with Gasteiger partial charge < -0.3 is 20.5 Å². The summed E-state index contributed by atoms with van der Waals surface area (Å²) in [6.07, 6.45) is 1.73. The van der Waals surface area contributed by atoms with Crippen molar-refractivity contribution in [3.63, 3.8) is 0 Å². The lowest BCUT2D eigenvalue weighted by molar-refractivity contribution is 0.0686. The first-order valence-corrected chi connectivity index (χ1v) is 6.93. The van der Waals surface area contributed by atoms with Crippen LogP contribution in [0.2, 0.25) is 5.02 Å². The first-order chi connectivity index (χ1) is 9.66. The van der Waals surface area contributed by atoms with E-state index < -0.39 is 0 Å². The summed E-state index contributed by atoms with van der Waals surface area (Å²) in [5.41, 5.74) is 6.48. The van der Waals surface area contributed by atoms with Gasteiger partial charge in [0.2, 0.25) is 0 Å². The van der Waals surface area contributed by atoms with Gasteiger partial charge in [-0.25, -0.2) is 0 Å². The predicted octanol–water partition coefficient (Wildman–Crippen LogP) is 2.10. The van der Waals surface area contributed by atoms with E-state index in [2.05, 4.69) is 5.32 Å². The molecule has 20 heavy (non-hydrogen) atoms. The number of carbonyl (C=O) groups excluding carboxylic acids is 1. The average molecular weight is 301 g/mol. The van der Waals surface area contributed by atoms with Crippen LogP contribution < -0.4 is 11.1 Å². The van der Waals surface area contributed by atoms with Gasteiger partial charge in [-0.05, 0) is 25.0 Å². The van der Waals surface area contributed by atoms with Crippen LogP contribution in [0.5, 0.6) is 0 Å². The molecule has 0 aliphatic heterocycles. The van der Waals surface area contributed by atoms with Crippen LogP contribution in [-0.2, 0) is 9.47 Å². The Balaban J connectivity index is 2.19. The number of ether oxygens (including phenoxy) is 2. The van der Waals surface area contributed by atoms with E-state index in [1.54, 1.807) is 25.3 Å². The lowest BCUT2D eigenvalue weighted by atomic mass is 10.1. The van der Waals surface area contributed by atoms with Crippen molar-refractivity contribution in [2.75, 3.05) is 39.2 Å². The largest absolute Gasteiger partial charge is 0.397 e. The molecule has 0 saturated heterocycles. The third-order valence-corrected chi connectivity index (χ3v) is 3.06. The van der Waals surface area contributed by atoms with Crippen LogP contribution in [0.4, 0.5) is 5.69 Å². The van der Waals surface area contributed by atoms with Crippen molar-refractivity contribution < 1.29 is 14.3 Å². The van der Waals surface area contributed by atoms with Gasteiger partial charge in [0, 0.05) is 20.3 Å². The summed E-state index contributed by atoms with van der Waals surface area (Å²) in [5, 5.41) is 3.20. The maximum atomic E-state index is 11.9. The molecule has 0 aromatic heterocycles. The minimum absolute atomic E-state index is 0.203. The Bertz CT molecular complexity index is 427. The molecule has 6 heteroatoms. The minimum atomic E-state index is -0.203. The number of methoxy groups -OCH3 is 1. The quantitative estimate of drug-likeness (QED) is 0.541. The Labute approximate surface area is 124 Å². The highest BCUT2D eigenvalue weighted by molar-refractivity contribution is 6.33. The Hall–Kier alpha value is -1.30. The second kappa shape index (κ2) is 9.58. The average Bonchev–Trinajstić information content (AvgIpc) is 2.44. The van der Waals surface area contributed by atoms with Gasteiger partial charge in [-0.3, -0.25) is 4.79 Å². The summed E-state index contributed by atoms with van der Waals surface area (Å²) in [6, 6.07) is 5.02. The van der Waals surface area contributed by atoms with Crippen LogP contribution in [0.25, 0.3) is 0 Å². The first-order valence-electron chi connectivity index (χ1n) is 6.55. The summed E-state index contributed by atoms with van der Waals surface area (Å²) in [6.45, 7) is 2.45. The number of unbranched alkanes of at least 4 members (excludes halogenated alkanes) is 1. The standard InChI is InChI=1S/C14H21ClN2O3/c1-19-9-10-20-8-3-2-7-17-14(18)11-5-4-6-12(15)13(11)16/h4-6H,2-3,7-10,16H2,1H3,(H,17,18). The Morgan fingerprint density at radius 3 is 2.85 bits per heavy atom. The molecule has 0 radical (unpaired) electrons. The summed E-state index contributed by atoms with van der Waals surface area (Å²) in [4.78, 5) is 11.9. The van der Waals surface area contributed by atoms with Crippen molar-refractivity contribution in [1.29, 1.82) is 0 Å². The number of anilines is 1. The summed E-state index contributed by atoms with van der Waals surface area (Å²) in [7, 11) is 1.64. The van der Waals surface area contributed by atoms with E-state index in [9.17, 15) is 4.79 Å². The number of nitrogens with two attached hydrogens (primary N) is 1. The van der Waals surface area contributed by atoms with Crippen LogP contribution in [0.1, 0.15) is 23.2 Å². The number of nitrogens with one attached hydrogen (secondary N) is 1. The van der Waals surface area contributed by atoms with E-state index in [1.807, 2.05) is 0 Å². The molecule has 1 amide bonds. The number of benzene rings is 1. The van der Waals surface area contributed by atoms with Gasteiger partial charge in [0.15, 0.2) is 0 Å². The SMILES string of the molecule is COCCOCCCCNC(=O)c1cccc(Cl)c1N. The number of amides is 1. The van der Waals surface area contributed by atoms with E-state index in [0.717, 1.165) is 12.8 Å². The third-order valence-electron chi connectivity index (χ3n) is 2.73. The molecule has 3 N–H and O–H groups in total. The lowest BCUT2D eigenvalue weighted by Gasteiger charge is -2.08. The predicted molar refractivity (Wildman–Crippen MR) is 80.1 cm³/mol. The summed E-state index contributed by atoms with van der Waals surface area (Å²) >= 11 is 5.87. The highest BCUT2D eigenvalue weighted by Crippen LogP contribution is 2.22. The van der Waals surface area contributed by atoms with Crippen molar-refractivity contribution >= 4 is 23.2 Å². The second-order valence-corrected chi connectivity index (χ2v) is 4.68. The third kappa shape index (κ3) is 5.77. The monoisotopic (exact) mass is 300 g/mol. The highest BCUT2D eigenvalue weighted by Gasteiger charge is 2.10. The normalized spacial score (nSPS) is 10.5. The first kappa shape index (κ1) is 16.8. The van der Waals surface area contributed by atoms with Crippen LogP contribution in [0.3, 0.4) is 0 Å². The fourth-order valence-electron chi connectivity index (χ4n) is 1.61. The number of hydrogen-bond donors (Lipinski definition) is 2. The van der Waals surface area contributed by atoms with Gasteiger partial charge in [0.1, 0.15) is 0 Å². The van der Waals surface area contributed by atoms with E-state index in [4.69, 9.17) is 26.8 Å². The van der Waals surface area contributed by atoms with Crippen LogP contribution in [-0.4, -0.2) is 39.4 Å². The van der Waals surface area contributed by atoms with Gasteiger partial charge in [-0.2, -0.15) is 0 Å². The van der Waals surface area contributed by atoms with Crippen LogP contribution >= 0.6 is 11.6 Å². The molecule has 112 valence electrons. The van der Waals surface area contributed by atoms with Crippen molar-refractivity contribution in [1.82, 2.24) is 5.32 Å². The van der Waals surface area contributed by atoms with Crippen molar-refractivity contribution in [3.05, 3.63) is 28.8 Å². The van der Waals surface area contributed by atoms with Gasteiger partial charge in [0.25, 0.3) is 5.91 Å². The molecule has 0 spiro atoms. The Morgan fingerprint density at radius 1 is 1.30 bits per heavy atom. The fraction of sp³-hybridized carbons (Fsp3) is 0.500. The molecule has 1 rings (SSSR count). The van der Waals surface area contributed by atoms with Crippen LogP contribution in [0.15, 0.2) is 18.2 Å². The second-order valence-electron chi connectivity index (χ2n) is 4.27. The molecule has 0 heterocycles. The van der Waals surface area contributed by atoms with Gasteiger partial charge >= 0.3 is 0 Å². The number of carbonyl (C=O) groups is 1. The smallest absolute Gasteiger partial charge is 0.253 e. The molecule has 1 aromatic rings. The molecule has 0 saturated carbocycles. The van der Waals surface area contributed by atoms with E-state index >= 15 is 0 Å². The molecule has 1 aromatic carbocycles. The zero-order valence-corrected chi connectivity index (χ0v) is 12.4. The molecule has 0 bridgehead atoms. The number of para-hydroxylation sites is 1. The van der Waals surface area contributed by atoms with Crippen molar-refractivity contribution in [2.24, 2.45) is 0 Å². The zero-order valence-electron chi connectivity index (χ0n) is 11.7. The topological polar surface area (TPSA) is 73.6 Å². The maximum Gasteiger partial charge on any atom is 0.253 e. The van der Waals surface area contributed by atoms with Crippen LogP contribution in [0, 0.1) is 0 Å². The van der Waals surface area contributed by atoms with Gasteiger partial charge in [-0.1, -0.05) is 17.7 Å². The molecule has 0 atom stereocenters. The molecule has 0 aliphatic carbocycles. The van der Waals surface area contributed by atoms with Gasteiger partial charge in [0.05, 0.1) is 29.5 Å². The van der Waals surface area contributed by atoms with E-state index in [0.29, 0.717) is 42.6 Å². The summed E-state index contributed by atoms with van der Waals surface area (Å²) < 4.78 is 10.2. The van der Waals surface area contributed by atoms with Gasteiger partial charge in [-0.15, -0.1) is 0 Å². The molecule has 0 aliphatic rings. The highest BCUT2D eigenvalue weighted by atomic mass is 35.5. The van der Waals surface area contributed by atoms with Crippen molar-refractivity contribution in [2.45, 2.75) is 12.8 Å². The Morgan fingerprint density at radius 2 is 2.10 bits per heavy atom. The molecular formula is C14H21ClN2O3.